The maximum Gasteiger partial charge on any atom is 0.338 e. The molecule has 3 nitrogen and oxygen atoms in total. The summed E-state index contributed by atoms with van der Waals surface area (Å²) in [5, 5.41) is 11.8. The van der Waals surface area contributed by atoms with E-state index < -0.39 is 23.2 Å². The van der Waals surface area contributed by atoms with Gasteiger partial charge in [0, 0.05) is 12.6 Å². The summed E-state index contributed by atoms with van der Waals surface area (Å²) < 4.78 is 26.9. The van der Waals surface area contributed by atoms with Crippen molar-refractivity contribution in [2.24, 2.45) is 11.8 Å². The number of anilines is 1. The fourth-order valence-corrected chi connectivity index (χ4v) is 2.85. The largest absolute Gasteiger partial charge is 0.478 e. The van der Waals surface area contributed by atoms with Gasteiger partial charge in [-0.1, -0.05) is 19.8 Å². The number of halogens is 2. The Morgan fingerprint density at radius 1 is 1.35 bits per heavy atom. The summed E-state index contributed by atoms with van der Waals surface area (Å²) >= 11 is 0. The molecule has 0 saturated heterocycles. The van der Waals surface area contributed by atoms with Crippen LogP contribution in [0.15, 0.2) is 12.1 Å². The van der Waals surface area contributed by atoms with E-state index >= 15 is 0 Å². The molecule has 1 aromatic rings. The minimum Gasteiger partial charge on any atom is -0.478 e. The lowest BCUT2D eigenvalue weighted by atomic mass is 9.82. The Kier molecular flexibility index (Phi) is 4.57. The van der Waals surface area contributed by atoms with E-state index in [9.17, 15) is 13.6 Å². The molecule has 2 N–H and O–H groups in total. The van der Waals surface area contributed by atoms with Crippen LogP contribution in [0.3, 0.4) is 0 Å². The summed E-state index contributed by atoms with van der Waals surface area (Å²) in [5.41, 5.74) is -0.451. The molecule has 2 rings (SSSR count). The highest BCUT2D eigenvalue weighted by Gasteiger charge is 2.20. The zero-order chi connectivity index (χ0) is 14.7. The Bertz CT molecular complexity index is 505. The number of carbonyl (C=O) groups is 1. The molecular weight excluding hydrogens is 264 g/mol. The number of hydrogen-bond donors (Lipinski definition) is 2. The zero-order valence-corrected chi connectivity index (χ0v) is 11.5. The monoisotopic (exact) mass is 283 g/mol. The van der Waals surface area contributed by atoms with Crippen LogP contribution in [-0.4, -0.2) is 17.6 Å². The predicted octanol–water partition coefficient (Wildman–Crippen LogP) is 3.90. The second-order valence-electron chi connectivity index (χ2n) is 5.64. The van der Waals surface area contributed by atoms with Gasteiger partial charge in [0.25, 0.3) is 0 Å². The Morgan fingerprint density at radius 3 is 2.75 bits per heavy atom. The molecule has 1 aromatic carbocycles. The van der Waals surface area contributed by atoms with E-state index in [1.165, 1.54) is 12.8 Å². The van der Waals surface area contributed by atoms with Gasteiger partial charge in [0.05, 0.1) is 11.3 Å². The summed E-state index contributed by atoms with van der Waals surface area (Å²) in [7, 11) is 0. The number of aromatic carboxylic acids is 1. The minimum absolute atomic E-state index is 0.0574. The number of nitrogens with one attached hydrogen (secondary N) is 1. The second kappa shape index (κ2) is 6.20. The van der Waals surface area contributed by atoms with E-state index in [1.54, 1.807) is 0 Å². The van der Waals surface area contributed by atoms with Gasteiger partial charge in [-0.2, -0.15) is 0 Å². The van der Waals surface area contributed by atoms with Gasteiger partial charge in [-0.3, -0.25) is 0 Å². The molecule has 0 bridgehead atoms. The molecule has 0 radical (unpaired) electrons. The first kappa shape index (κ1) is 14.8. The summed E-state index contributed by atoms with van der Waals surface area (Å²) in [6, 6.07) is 1.65. The second-order valence-corrected chi connectivity index (χ2v) is 5.64. The first-order valence-corrected chi connectivity index (χ1v) is 6.93. The number of hydrogen-bond acceptors (Lipinski definition) is 2. The predicted molar refractivity (Wildman–Crippen MR) is 72.9 cm³/mol. The Balaban J connectivity index is 2.05. The van der Waals surface area contributed by atoms with Crippen LogP contribution < -0.4 is 5.32 Å². The summed E-state index contributed by atoms with van der Waals surface area (Å²) in [5.74, 6) is -2.07. The minimum atomic E-state index is -1.39. The summed E-state index contributed by atoms with van der Waals surface area (Å²) in [6.07, 6.45) is 4.57. The molecule has 5 heteroatoms. The van der Waals surface area contributed by atoms with Crippen molar-refractivity contribution in [3.8, 4) is 0 Å². The third kappa shape index (κ3) is 3.46. The lowest BCUT2D eigenvalue weighted by Gasteiger charge is -2.27. The number of carboxylic acids is 1. The molecule has 1 aliphatic rings. The van der Waals surface area contributed by atoms with E-state index in [2.05, 4.69) is 12.2 Å². The molecule has 20 heavy (non-hydrogen) atoms. The van der Waals surface area contributed by atoms with E-state index in [4.69, 9.17) is 5.11 Å². The van der Waals surface area contributed by atoms with Crippen LogP contribution in [-0.2, 0) is 0 Å². The average molecular weight is 283 g/mol. The molecule has 0 spiro atoms. The first-order valence-electron chi connectivity index (χ1n) is 6.93. The van der Waals surface area contributed by atoms with Crippen LogP contribution >= 0.6 is 0 Å². The van der Waals surface area contributed by atoms with E-state index in [1.807, 2.05) is 0 Å². The third-order valence-electron chi connectivity index (χ3n) is 3.91. The van der Waals surface area contributed by atoms with Gasteiger partial charge in [0.2, 0.25) is 0 Å². The molecule has 0 amide bonds. The molecule has 1 fully saturated rings. The number of rotatable bonds is 4. The summed E-state index contributed by atoms with van der Waals surface area (Å²) in [6.45, 7) is 2.79. The van der Waals surface area contributed by atoms with Crippen molar-refractivity contribution in [2.45, 2.75) is 32.6 Å². The first-order chi connectivity index (χ1) is 9.47. The van der Waals surface area contributed by atoms with Crippen LogP contribution in [0.2, 0.25) is 0 Å². The van der Waals surface area contributed by atoms with Crippen molar-refractivity contribution in [3.05, 3.63) is 29.3 Å². The Morgan fingerprint density at radius 2 is 2.10 bits per heavy atom. The van der Waals surface area contributed by atoms with Gasteiger partial charge < -0.3 is 10.4 Å². The lowest BCUT2D eigenvalue weighted by molar-refractivity contribution is 0.0692. The van der Waals surface area contributed by atoms with Crippen LogP contribution in [0.5, 0.6) is 0 Å². The van der Waals surface area contributed by atoms with Crippen molar-refractivity contribution in [2.75, 3.05) is 11.9 Å². The van der Waals surface area contributed by atoms with Gasteiger partial charge >= 0.3 is 5.97 Å². The number of benzene rings is 1. The van der Waals surface area contributed by atoms with Crippen molar-refractivity contribution >= 4 is 11.7 Å². The van der Waals surface area contributed by atoms with Crippen LogP contribution in [0.1, 0.15) is 43.0 Å². The van der Waals surface area contributed by atoms with E-state index in [0.717, 1.165) is 18.9 Å². The normalized spacial score (nSPS) is 22.6. The highest BCUT2D eigenvalue weighted by atomic mass is 19.1. The number of carboxylic acid groups (broad SMARTS) is 1. The summed E-state index contributed by atoms with van der Waals surface area (Å²) in [4.78, 5) is 10.8. The topological polar surface area (TPSA) is 49.3 Å². The van der Waals surface area contributed by atoms with E-state index in [-0.39, 0.29) is 5.69 Å². The van der Waals surface area contributed by atoms with Crippen molar-refractivity contribution in [3.63, 3.8) is 0 Å². The van der Waals surface area contributed by atoms with Crippen LogP contribution in [0, 0.1) is 23.5 Å². The van der Waals surface area contributed by atoms with E-state index in [0.29, 0.717) is 24.4 Å². The highest BCUT2D eigenvalue weighted by Crippen LogP contribution is 2.29. The van der Waals surface area contributed by atoms with Crippen LogP contribution in [0.4, 0.5) is 14.5 Å². The standard InChI is InChI=1S/C15H19F2NO2/c1-9-3-2-4-10(5-9)8-18-14-6-11(15(19)20)12(16)7-13(14)17/h6-7,9-10,18H,2-5,8H2,1H3,(H,19,20). The fourth-order valence-electron chi connectivity index (χ4n) is 2.85. The lowest BCUT2D eigenvalue weighted by Crippen LogP contribution is -2.21. The Hall–Kier alpha value is -1.65. The smallest absolute Gasteiger partial charge is 0.338 e. The fraction of sp³-hybridized carbons (Fsp3) is 0.533. The van der Waals surface area contributed by atoms with Gasteiger partial charge in [-0.05, 0) is 30.7 Å². The van der Waals surface area contributed by atoms with Gasteiger partial charge in [-0.15, -0.1) is 0 Å². The zero-order valence-electron chi connectivity index (χ0n) is 11.5. The maximum atomic E-state index is 13.6. The van der Waals surface area contributed by atoms with Gasteiger partial charge in [0.1, 0.15) is 11.6 Å². The maximum absolute atomic E-state index is 13.6. The SMILES string of the molecule is CC1CCCC(CNc2cc(C(=O)O)c(F)cc2F)C1. The van der Waals surface area contributed by atoms with Crippen molar-refractivity contribution in [1.82, 2.24) is 0 Å². The molecule has 2 atom stereocenters. The highest BCUT2D eigenvalue weighted by molar-refractivity contribution is 5.89. The Labute approximate surface area is 117 Å². The molecule has 0 heterocycles. The van der Waals surface area contributed by atoms with Gasteiger partial charge in [-0.25, -0.2) is 13.6 Å². The molecular formula is C15H19F2NO2. The molecule has 1 aliphatic carbocycles. The molecule has 110 valence electrons. The van der Waals surface area contributed by atoms with Crippen molar-refractivity contribution in [1.29, 1.82) is 0 Å². The molecule has 2 unspecified atom stereocenters. The quantitative estimate of drug-likeness (QED) is 0.881. The van der Waals surface area contributed by atoms with Crippen LogP contribution in [0.25, 0.3) is 0 Å². The third-order valence-corrected chi connectivity index (χ3v) is 3.91. The molecule has 0 aromatic heterocycles. The van der Waals surface area contributed by atoms with Gasteiger partial charge in [0.15, 0.2) is 0 Å². The molecule has 1 saturated carbocycles. The molecule has 0 aliphatic heterocycles. The van der Waals surface area contributed by atoms with Crippen molar-refractivity contribution < 1.29 is 18.7 Å². The average Bonchev–Trinajstić information content (AvgIpc) is 2.37.